The zero-order chi connectivity index (χ0) is 15.6. The molecule has 0 N–H and O–H groups in total. The normalized spacial score (nSPS) is 28.7. The second kappa shape index (κ2) is 6.69. The summed E-state index contributed by atoms with van der Waals surface area (Å²) in [5.74, 6) is 0.147. The molecule has 22 heavy (non-hydrogen) atoms. The minimum Gasteiger partial charge on any atom is -0.378 e. The van der Waals surface area contributed by atoms with Crippen LogP contribution in [-0.4, -0.2) is 49.3 Å². The van der Waals surface area contributed by atoms with Crippen LogP contribution in [0.5, 0.6) is 0 Å². The van der Waals surface area contributed by atoms with Crippen molar-refractivity contribution in [2.45, 2.75) is 45.3 Å². The summed E-state index contributed by atoms with van der Waals surface area (Å²) in [7, 11) is 0. The van der Waals surface area contributed by atoms with Gasteiger partial charge in [0.1, 0.15) is 0 Å². The van der Waals surface area contributed by atoms with Crippen molar-refractivity contribution in [2.75, 3.05) is 26.3 Å². The van der Waals surface area contributed by atoms with E-state index in [1.165, 1.54) is 0 Å². The predicted molar refractivity (Wildman–Crippen MR) is 87.3 cm³/mol. The molecule has 1 amide bonds. The minimum absolute atomic E-state index is 0.0353. The molecule has 0 bridgehead atoms. The first-order chi connectivity index (χ1) is 10.6. The molecule has 2 aliphatic heterocycles. The Morgan fingerprint density at radius 3 is 3.18 bits per heavy atom. The summed E-state index contributed by atoms with van der Waals surface area (Å²) < 4.78 is 12.0. The fourth-order valence-electron chi connectivity index (χ4n) is 3.58. The molecule has 1 aromatic rings. The van der Waals surface area contributed by atoms with Crippen LogP contribution in [-0.2, 0) is 9.47 Å². The molecule has 0 radical (unpaired) electrons. The third-order valence-corrected chi connectivity index (χ3v) is 5.43. The van der Waals surface area contributed by atoms with E-state index in [1.54, 1.807) is 11.3 Å². The number of rotatable bonds is 4. The molecule has 0 spiro atoms. The van der Waals surface area contributed by atoms with Crippen molar-refractivity contribution in [1.82, 2.24) is 4.90 Å². The Morgan fingerprint density at radius 1 is 1.59 bits per heavy atom. The number of carbonyl (C=O) groups is 1. The fourth-order valence-corrected chi connectivity index (χ4v) is 4.21. The highest BCUT2D eigenvalue weighted by Gasteiger charge is 2.47. The van der Waals surface area contributed by atoms with E-state index in [0.717, 1.165) is 44.5 Å². The van der Waals surface area contributed by atoms with E-state index < -0.39 is 0 Å². The quantitative estimate of drug-likeness (QED) is 0.854. The molecule has 1 aromatic heterocycles. The molecule has 122 valence electrons. The van der Waals surface area contributed by atoms with Gasteiger partial charge in [0.15, 0.2) is 0 Å². The number of hydrogen-bond acceptors (Lipinski definition) is 4. The van der Waals surface area contributed by atoms with Crippen molar-refractivity contribution >= 4 is 17.2 Å². The maximum atomic E-state index is 12.7. The van der Waals surface area contributed by atoms with Gasteiger partial charge in [0.2, 0.25) is 0 Å². The zero-order valence-corrected chi connectivity index (χ0v) is 14.2. The Morgan fingerprint density at radius 2 is 2.45 bits per heavy atom. The first kappa shape index (κ1) is 16.0. The van der Waals surface area contributed by atoms with Gasteiger partial charge in [-0.25, -0.2) is 0 Å². The van der Waals surface area contributed by atoms with Crippen molar-refractivity contribution in [3.8, 4) is 0 Å². The number of fused-ring (bicyclic) bond motifs is 1. The number of likely N-dealkylation sites (tertiary alicyclic amines) is 1. The summed E-state index contributed by atoms with van der Waals surface area (Å²) in [6.45, 7) is 7.18. The van der Waals surface area contributed by atoms with Crippen LogP contribution in [0.2, 0.25) is 0 Å². The first-order valence-corrected chi connectivity index (χ1v) is 9.10. The van der Waals surface area contributed by atoms with Crippen LogP contribution >= 0.6 is 11.3 Å². The Kier molecular flexibility index (Phi) is 4.85. The van der Waals surface area contributed by atoms with Crippen LogP contribution < -0.4 is 0 Å². The van der Waals surface area contributed by atoms with E-state index in [-0.39, 0.29) is 23.5 Å². The summed E-state index contributed by atoms with van der Waals surface area (Å²) >= 11 is 1.57. The lowest BCUT2D eigenvalue weighted by atomic mass is 9.73. The molecule has 2 saturated heterocycles. The van der Waals surface area contributed by atoms with Crippen LogP contribution in [0.15, 0.2) is 16.8 Å². The van der Waals surface area contributed by atoms with Crippen LogP contribution in [0.3, 0.4) is 0 Å². The Balaban J connectivity index is 1.75. The predicted octanol–water partition coefficient (Wildman–Crippen LogP) is 3.18. The van der Waals surface area contributed by atoms with E-state index in [2.05, 4.69) is 13.8 Å². The lowest BCUT2D eigenvalue weighted by Crippen LogP contribution is -2.58. The van der Waals surface area contributed by atoms with Gasteiger partial charge in [0, 0.05) is 30.5 Å². The summed E-state index contributed by atoms with van der Waals surface area (Å²) in [5.41, 5.74) is 0.770. The van der Waals surface area contributed by atoms with E-state index in [9.17, 15) is 4.79 Å². The number of amides is 1. The van der Waals surface area contributed by atoms with Crippen LogP contribution in [0, 0.1) is 5.41 Å². The Labute approximate surface area is 136 Å². The number of nitrogens with zero attached hydrogens (tertiary/aromatic N) is 1. The van der Waals surface area contributed by atoms with Crippen molar-refractivity contribution < 1.29 is 14.3 Å². The van der Waals surface area contributed by atoms with E-state index in [4.69, 9.17) is 9.47 Å². The highest BCUT2D eigenvalue weighted by Crippen LogP contribution is 2.41. The zero-order valence-electron chi connectivity index (χ0n) is 13.4. The lowest BCUT2D eigenvalue weighted by molar-refractivity contribution is -0.152. The van der Waals surface area contributed by atoms with Crippen molar-refractivity contribution in [1.29, 1.82) is 0 Å². The molecule has 3 rings (SSSR count). The van der Waals surface area contributed by atoms with E-state index in [1.807, 2.05) is 21.7 Å². The summed E-state index contributed by atoms with van der Waals surface area (Å²) in [6.07, 6.45) is 3.49. The van der Waals surface area contributed by atoms with Crippen LogP contribution in [0.4, 0.5) is 0 Å². The molecule has 0 unspecified atom stereocenters. The van der Waals surface area contributed by atoms with Gasteiger partial charge in [0.25, 0.3) is 5.91 Å². The monoisotopic (exact) mass is 323 g/mol. The molecule has 2 aliphatic rings. The van der Waals surface area contributed by atoms with E-state index >= 15 is 0 Å². The van der Waals surface area contributed by atoms with Crippen molar-refractivity contribution in [3.63, 3.8) is 0 Å². The smallest absolute Gasteiger partial charge is 0.254 e. The SMILES string of the molecule is CC(C)OC[C@]12CCCO[C@@H]1CCN(C(=O)c1ccsc1)C2. The average molecular weight is 323 g/mol. The molecule has 2 fully saturated rings. The van der Waals surface area contributed by atoms with Crippen molar-refractivity contribution in [3.05, 3.63) is 22.4 Å². The number of ether oxygens (including phenoxy) is 2. The molecule has 4 nitrogen and oxygen atoms in total. The Bertz CT molecular complexity index is 502. The second-order valence-electron chi connectivity index (χ2n) is 6.71. The van der Waals surface area contributed by atoms with Gasteiger partial charge >= 0.3 is 0 Å². The standard InChI is InChI=1S/C17H25NO3S/c1-13(2)21-12-17-6-3-8-20-15(17)4-7-18(11-17)16(19)14-5-9-22-10-14/h5,9-10,13,15H,3-4,6-8,11-12H2,1-2H3/t15-,17-/m1/s1. The topological polar surface area (TPSA) is 38.8 Å². The molecule has 2 atom stereocenters. The number of carbonyl (C=O) groups excluding carboxylic acids is 1. The fraction of sp³-hybridized carbons (Fsp3) is 0.706. The summed E-state index contributed by atoms with van der Waals surface area (Å²) in [5, 5.41) is 3.89. The van der Waals surface area contributed by atoms with Gasteiger partial charge in [-0.3, -0.25) is 4.79 Å². The van der Waals surface area contributed by atoms with Gasteiger partial charge in [-0.2, -0.15) is 11.3 Å². The van der Waals surface area contributed by atoms with Gasteiger partial charge in [0.05, 0.1) is 24.4 Å². The molecular weight excluding hydrogens is 298 g/mol. The average Bonchev–Trinajstić information content (AvgIpc) is 3.06. The van der Waals surface area contributed by atoms with Crippen molar-refractivity contribution in [2.24, 2.45) is 5.41 Å². The number of piperidine rings is 1. The van der Waals surface area contributed by atoms with Gasteiger partial charge < -0.3 is 14.4 Å². The third kappa shape index (κ3) is 3.21. The molecule has 0 aromatic carbocycles. The first-order valence-electron chi connectivity index (χ1n) is 8.15. The summed E-state index contributed by atoms with van der Waals surface area (Å²) in [6, 6.07) is 1.91. The molecule has 0 aliphatic carbocycles. The largest absolute Gasteiger partial charge is 0.378 e. The minimum atomic E-state index is -0.0353. The highest BCUT2D eigenvalue weighted by atomic mass is 32.1. The van der Waals surface area contributed by atoms with E-state index in [0.29, 0.717) is 6.61 Å². The summed E-state index contributed by atoms with van der Waals surface area (Å²) in [4.78, 5) is 14.7. The maximum Gasteiger partial charge on any atom is 0.254 e. The number of thiophene rings is 1. The van der Waals surface area contributed by atoms with Crippen LogP contribution in [0.25, 0.3) is 0 Å². The number of hydrogen-bond donors (Lipinski definition) is 0. The Hall–Kier alpha value is -0.910. The third-order valence-electron chi connectivity index (χ3n) is 4.75. The lowest BCUT2D eigenvalue weighted by Gasteiger charge is -2.50. The van der Waals surface area contributed by atoms with Crippen LogP contribution in [0.1, 0.15) is 43.5 Å². The van der Waals surface area contributed by atoms with Gasteiger partial charge in [-0.15, -0.1) is 0 Å². The molecule has 3 heterocycles. The molecular formula is C17H25NO3S. The van der Waals surface area contributed by atoms with Gasteiger partial charge in [-0.05, 0) is 44.6 Å². The highest BCUT2D eigenvalue weighted by molar-refractivity contribution is 7.08. The maximum absolute atomic E-state index is 12.7. The second-order valence-corrected chi connectivity index (χ2v) is 7.49. The molecule has 0 saturated carbocycles. The van der Waals surface area contributed by atoms with Gasteiger partial charge in [-0.1, -0.05) is 0 Å². The molecule has 5 heteroatoms.